The molecule has 3 aromatic rings. The van der Waals surface area contributed by atoms with E-state index in [1.54, 1.807) is 12.1 Å². The van der Waals surface area contributed by atoms with E-state index in [-0.39, 0.29) is 11.4 Å². The van der Waals surface area contributed by atoms with Crippen LogP contribution >= 0.6 is 11.8 Å². The lowest BCUT2D eigenvalue weighted by molar-refractivity contribution is 0.627. The zero-order valence-electron chi connectivity index (χ0n) is 12.7. The van der Waals surface area contributed by atoms with Crippen LogP contribution < -0.4 is 11.4 Å². The van der Waals surface area contributed by atoms with E-state index in [4.69, 9.17) is 5.84 Å². The number of nitrogen functional groups attached to an aromatic ring is 1. The Hall–Kier alpha value is -2.67. The molecule has 0 fully saturated rings. The Morgan fingerprint density at radius 1 is 1.00 bits per heavy atom. The van der Waals surface area contributed by atoms with Gasteiger partial charge >= 0.3 is 0 Å². The third-order valence-corrected chi connectivity index (χ3v) is 4.44. The van der Waals surface area contributed by atoms with E-state index >= 15 is 0 Å². The molecule has 3 rings (SSSR count). The molecular weight excluding hydrogens is 327 g/mol. The van der Waals surface area contributed by atoms with Gasteiger partial charge in [0.2, 0.25) is 5.16 Å². The highest BCUT2D eigenvalue weighted by Gasteiger charge is 2.11. The first-order valence-electron chi connectivity index (χ1n) is 7.28. The maximum Gasteiger partial charge on any atom is 0.294 e. The summed E-state index contributed by atoms with van der Waals surface area (Å²) in [6, 6.07) is 15.7. The van der Waals surface area contributed by atoms with Crippen LogP contribution in [0.3, 0.4) is 0 Å². The first-order valence-corrected chi connectivity index (χ1v) is 8.27. The Bertz CT molecular complexity index is 881. The molecule has 0 atom stereocenters. The van der Waals surface area contributed by atoms with Gasteiger partial charge in [0.1, 0.15) is 11.5 Å². The molecule has 0 aliphatic rings. The van der Waals surface area contributed by atoms with Crippen molar-refractivity contribution in [3.8, 4) is 0 Å². The standard InChI is InChI=1S/C17H15FN4OS/c18-14-8-6-13(7-9-14)11-24-17-21-20-15(16(23)22(17)19)10-12-4-2-1-3-5-12/h1-9H,10-11,19H2. The van der Waals surface area contributed by atoms with Crippen molar-refractivity contribution in [1.82, 2.24) is 14.9 Å². The van der Waals surface area contributed by atoms with Gasteiger partial charge in [-0.2, -0.15) is 4.68 Å². The molecule has 0 radical (unpaired) electrons. The Morgan fingerprint density at radius 2 is 1.71 bits per heavy atom. The molecule has 0 aliphatic heterocycles. The minimum atomic E-state index is -0.365. The van der Waals surface area contributed by atoms with Crippen molar-refractivity contribution in [3.63, 3.8) is 0 Å². The van der Waals surface area contributed by atoms with Crippen LogP contribution in [0.15, 0.2) is 64.5 Å². The lowest BCUT2D eigenvalue weighted by Gasteiger charge is -2.07. The van der Waals surface area contributed by atoms with Gasteiger partial charge in [0.05, 0.1) is 0 Å². The number of thioether (sulfide) groups is 1. The second kappa shape index (κ2) is 7.27. The monoisotopic (exact) mass is 342 g/mol. The van der Waals surface area contributed by atoms with Gasteiger partial charge in [-0.25, -0.2) is 4.39 Å². The summed E-state index contributed by atoms with van der Waals surface area (Å²) >= 11 is 1.28. The number of nitrogens with two attached hydrogens (primary N) is 1. The van der Waals surface area contributed by atoms with E-state index in [1.807, 2.05) is 30.3 Å². The lowest BCUT2D eigenvalue weighted by Crippen LogP contribution is -2.33. The Balaban J connectivity index is 1.75. The Morgan fingerprint density at radius 3 is 2.42 bits per heavy atom. The summed E-state index contributed by atoms with van der Waals surface area (Å²) in [5.74, 6) is 6.08. The van der Waals surface area contributed by atoms with Gasteiger partial charge in [0, 0.05) is 12.2 Å². The predicted octanol–water partition coefficient (Wildman–Crippen LogP) is 2.37. The lowest BCUT2D eigenvalue weighted by atomic mass is 10.1. The van der Waals surface area contributed by atoms with Crippen molar-refractivity contribution in [3.05, 3.63) is 87.6 Å². The summed E-state index contributed by atoms with van der Waals surface area (Å²) in [5, 5.41) is 8.38. The Labute approximate surface area is 142 Å². The third kappa shape index (κ3) is 3.80. The highest BCUT2D eigenvalue weighted by Crippen LogP contribution is 2.18. The maximum atomic E-state index is 12.9. The summed E-state index contributed by atoms with van der Waals surface area (Å²) in [7, 11) is 0. The van der Waals surface area contributed by atoms with Gasteiger partial charge in [-0.15, -0.1) is 10.2 Å². The van der Waals surface area contributed by atoms with Gasteiger partial charge in [-0.05, 0) is 23.3 Å². The van der Waals surface area contributed by atoms with E-state index in [9.17, 15) is 9.18 Å². The van der Waals surface area contributed by atoms with Gasteiger partial charge < -0.3 is 5.84 Å². The second-order valence-corrected chi connectivity index (χ2v) is 6.12. The van der Waals surface area contributed by atoms with Crippen molar-refractivity contribution in [2.45, 2.75) is 17.3 Å². The minimum absolute atomic E-state index is 0.287. The molecule has 0 amide bonds. The molecule has 0 spiro atoms. The molecule has 2 N–H and O–H groups in total. The first kappa shape index (κ1) is 16.2. The largest absolute Gasteiger partial charge is 0.334 e. The van der Waals surface area contributed by atoms with Crippen molar-refractivity contribution >= 4 is 11.8 Å². The molecule has 2 aromatic carbocycles. The fraction of sp³-hybridized carbons (Fsp3) is 0.118. The zero-order chi connectivity index (χ0) is 16.9. The topological polar surface area (TPSA) is 73.8 Å². The molecule has 122 valence electrons. The first-order chi connectivity index (χ1) is 11.6. The number of halogens is 1. The highest BCUT2D eigenvalue weighted by molar-refractivity contribution is 7.98. The smallest absolute Gasteiger partial charge is 0.294 e. The number of rotatable bonds is 5. The normalized spacial score (nSPS) is 10.7. The van der Waals surface area contributed by atoms with Crippen LogP contribution in [-0.4, -0.2) is 14.9 Å². The van der Waals surface area contributed by atoms with Crippen molar-refractivity contribution in [1.29, 1.82) is 0 Å². The molecule has 0 aliphatic carbocycles. The molecule has 0 unspecified atom stereocenters. The summed E-state index contributed by atoms with van der Waals surface area (Å²) in [4.78, 5) is 12.3. The molecule has 1 heterocycles. The number of aromatic nitrogens is 3. The summed E-state index contributed by atoms with van der Waals surface area (Å²) in [5.41, 5.74) is 1.81. The van der Waals surface area contributed by atoms with Crippen LogP contribution in [0.25, 0.3) is 0 Å². The molecule has 0 saturated carbocycles. The molecule has 24 heavy (non-hydrogen) atoms. The highest BCUT2D eigenvalue weighted by atomic mass is 32.2. The van der Waals surface area contributed by atoms with E-state index in [0.717, 1.165) is 15.8 Å². The van der Waals surface area contributed by atoms with E-state index < -0.39 is 0 Å². The van der Waals surface area contributed by atoms with Crippen molar-refractivity contribution in [2.75, 3.05) is 5.84 Å². The fourth-order valence-electron chi connectivity index (χ4n) is 2.15. The van der Waals surface area contributed by atoms with Crippen LogP contribution in [-0.2, 0) is 12.2 Å². The van der Waals surface area contributed by atoms with E-state index in [1.165, 1.54) is 23.9 Å². The quantitative estimate of drug-likeness (QED) is 0.569. The average molecular weight is 342 g/mol. The maximum absolute atomic E-state index is 12.9. The van der Waals surface area contributed by atoms with Crippen LogP contribution in [0.4, 0.5) is 4.39 Å². The van der Waals surface area contributed by atoms with Gasteiger partial charge in [-0.3, -0.25) is 4.79 Å². The van der Waals surface area contributed by atoms with Crippen molar-refractivity contribution < 1.29 is 4.39 Å². The minimum Gasteiger partial charge on any atom is -0.334 e. The van der Waals surface area contributed by atoms with E-state index in [0.29, 0.717) is 23.0 Å². The molecule has 0 saturated heterocycles. The van der Waals surface area contributed by atoms with Crippen LogP contribution in [0.1, 0.15) is 16.8 Å². The number of hydrogen-bond acceptors (Lipinski definition) is 5. The van der Waals surface area contributed by atoms with Gasteiger partial charge in [0.25, 0.3) is 5.56 Å². The molecule has 7 heteroatoms. The molecular formula is C17H15FN4OS. The SMILES string of the molecule is Nn1c(SCc2ccc(F)cc2)nnc(Cc2ccccc2)c1=O. The van der Waals surface area contributed by atoms with Gasteiger partial charge in [0.15, 0.2) is 0 Å². The van der Waals surface area contributed by atoms with Gasteiger partial charge in [-0.1, -0.05) is 54.2 Å². The van der Waals surface area contributed by atoms with Crippen LogP contribution in [0.2, 0.25) is 0 Å². The van der Waals surface area contributed by atoms with E-state index in [2.05, 4.69) is 10.2 Å². The predicted molar refractivity (Wildman–Crippen MR) is 91.7 cm³/mol. The zero-order valence-corrected chi connectivity index (χ0v) is 13.5. The third-order valence-electron chi connectivity index (χ3n) is 3.42. The summed E-state index contributed by atoms with van der Waals surface area (Å²) in [6.45, 7) is 0. The fourth-order valence-corrected chi connectivity index (χ4v) is 2.96. The Kier molecular flexibility index (Phi) is 4.90. The number of nitrogens with zero attached hydrogens (tertiary/aromatic N) is 3. The van der Waals surface area contributed by atoms with Crippen LogP contribution in [0, 0.1) is 5.82 Å². The number of benzene rings is 2. The summed E-state index contributed by atoms with van der Waals surface area (Å²) < 4.78 is 13.9. The summed E-state index contributed by atoms with van der Waals surface area (Å²) in [6.07, 6.45) is 0.382. The number of hydrogen-bond donors (Lipinski definition) is 1. The second-order valence-electron chi connectivity index (χ2n) is 5.18. The molecule has 1 aromatic heterocycles. The molecule has 5 nitrogen and oxygen atoms in total. The molecule has 0 bridgehead atoms. The van der Waals surface area contributed by atoms with Crippen molar-refractivity contribution in [2.24, 2.45) is 0 Å². The average Bonchev–Trinajstić information content (AvgIpc) is 2.61. The van der Waals surface area contributed by atoms with Crippen LogP contribution in [0.5, 0.6) is 0 Å².